The molecule has 132 valence electrons. The van der Waals surface area contributed by atoms with Crippen molar-refractivity contribution >= 4 is 0 Å². The molecule has 1 saturated carbocycles. The molecule has 0 bridgehead atoms. The number of nitrogens with zero attached hydrogens (tertiary/aromatic N) is 2. The Labute approximate surface area is 150 Å². The first kappa shape index (κ1) is 16.6. The third kappa shape index (κ3) is 3.70. The maximum atomic E-state index is 6.54. The SMILES string of the molecule is CN(Cc1ccncc1)C1CCC2(CC1)CNCc1ccccc1O2. The van der Waals surface area contributed by atoms with Crippen LogP contribution < -0.4 is 10.1 Å². The predicted octanol–water partition coefficient (Wildman–Crippen LogP) is 3.38. The number of benzene rings is 1. The molecular formula is C21H27N3O. The van der Waals surface area contributed by atoms with Crippen LogP contribution in [0.3, 0.4) is 0 Å². The Hall–Kier alpha value is -1.91. The minimum atomic E-state index is -0.0411. The van der Waals surface area contributed by atoms with Gasteiger partial charge in [0, 0.05) is 43.6 Å². The number of fused-ring (bicyclic) bond motifs is 1. The van der Waals surface area contributed by atoms with Crippen molar-refractivity contribution in [2.45, 2.75) is 50.4 Å². The Morgan fingerprint density at radius 3 is 2.72 bits per heavy atom. The van der Waals surface area contributed by atoms with Gasteiger partial charge >= 0.3 is 0 Å². The summed E-state index contributed by atoms with van der Waals surface area (Å²) in [5.41, 5.74) is 2.57. The van der Waals surface area contributed by atoms with E-state index in [9.17, 15) is 0 Å². The highest BCUT2D eigenvalue weighted by atomic mass is 16.5. The van der Waals surface area contributed by atoms with Gasteiger partial charge in [-0.2, -0.15) is 0 Å². The zero-order chi connectivity index (χ0) is 17.1. The molecule has 1 fully saturated rings. The molecular weight excluding hydrogens is 310 g/mol. The minimum absolute atomic E-state index is 0.0411. The van der Waals surface area contributed by atoms with Crippen molar-refractivity contribution in [3.05, 3.63) is 59.9 Å². The van der Waals surface area contributed by atoms with Crippen LogP contribution in [-0.2, 0) is 13.1 Å². The lowest BCUT2D eigenvalue weighted by atomic mass is 9.81. The van der Waals surface area contributed by atoms with E-state index in [2.05, 4.69) is 58.6 Å². The van der Waals surface area contributed by atoms with Crippen LogP contribution in [0.25, 0.3) is 0 Å². The molecule has 0 atom stereocenters. The lowest BCUT2D eigenvalue weighted by Crippen LogP contribution is -2.50. The van der Waals surface area contributed by atoms with E-state index in [0.717, 1.165) is 38.2 Å². The maximum Gasteiger partial charge on any atom is 0.124 e. The lowest BCUT2D eigenvalue weighted by Gasteiger charge is -2.42. The molecule has 25 heavy (non-hydrogen) atoms. The Morgan fingerprint density at radius 1 is 1.16 bits per heavy atom. The van der Waals surface area contributed by atoms with Gasteiger partial charge < -0.3 is 10.1 Å². The lowest BCUT2D eigenvalue weighted by molar-refractivity contribution is 0.00873. The molecule has 1 spiro atoms. The van der Waals surface area contributed by atoms with Gasteiger partial charge in [-0.1, -0.05) is 18.2 Å². The summed E-state index contributed by atoms with van der Waals surface area (Å²) in [6.07, 6.45) is 8.35. The first-order valence-electron chi connectivity index (χ1n) is 9.31. The molecule has 4 heteroatoms. The number of hydrogen-bond acceptors (Lipinski definition) is 4. The third-order valence-corrected chi connectivity index (χ3v) is 5.73. The normalized spacial score (nSPS) is 26.1. The highest BCUT2D eigenvalue weighted by molar-refractivity contribution is 5.35. The van der Waals surface area contributed by atoms with Crippen molar-refractivity contribution in [3.8, 4) is 5.75 Å². The standard InChI is InChI=1S/C21H27N3O/c1-24(15-17-8-12-22-13-9-17)19-6-10-21(11-7-19)16-23-14-18-4-2-3-5-20(18)25-21/h2-5,8-9,12-13,19,23H,6-7,10-11,14-16H2,1H3. The van der Waals surface area contributed by atoms with Gasteiger partial charge in [-0.15, -0.1) is 0 Å². The molecule has 1 aromatic carbocycles. The summed E-state index contributed by atoms with van der Waals surface area (Å²) >= 11 is 0. The van der Waals surface area contributed by atoms with Crippen LogP contribution in [-0.4, -0.2) is 35.1 Å². The van der Waals surface area contributed by atoms with E-state index in [-0.39, 0.29) is 5.60 Å². The zero-order valence-electron chi connectivity index (χ0n) is 14.9. The zero-order valence-corrected chi connectivity index (χ0v) is 14.9. The van der Waals surface area contributed by atoms with Crippen molar-refractivity contribution in [2.75, 3.05) is 13.6 Å². The molecule has 2 aromatic rings. The summed E-state index contributed by atoms with van der Waals surface area (Å²) in [5.74, 6) is 1.07. The van der Waals surface area contributed by atoms with Crippen LogP contribution in [0.2, 0.25) is 0 Å². The molecule has 1 N–H and O–H groups in total. The summed E-state index contributed by atoms with van der Waals surface area (Å²) in [4.78, 5) is 6.59. The van der Waals surface area contributed by atoms with Crippen molar-refractivity contribution in [2.24, 2.45) is 0 Å². The highest BCUT2D eigenvalue weighted by Gasteiger charge is 2.39. The second-order valence-electron chi connectivity index (χ2n) is 7.50. The van der Waals surface area contributed by atoms with Gasteiger partial charge in [0.25, 0.3) is 0 Å². The molecule has 1 aliphatic carbocycles. The Kier molecular flexibility index (Phi) is 4.73. The van der Waals surface area contributed by atoms with Gasteiger partial charge in [-0.05, 0) is 56.5 Å². The molecule has 1 aromatic heterocycles. The van der Waals surface area contributed by atoms with Gasteiger partial charge in [0.15, 0.2) is 0 Å². The quantitative estimate of drug-likeness (QED) is 0.932. The van der Waals surface area contributed by atoms with Crippen molar-refractivity contribution < 1.29 is 4.74 Å². The molecule has 0 amide bonds. The highest BCUT2D eigenvalue weighted by Crippen LogP contribution is 2.37. The van der Waals surface area contributed by atoms with Gasteiger partial charge in [0.05, 0.1) is 0 Å². The predicted molar refractivity (Wildman–Crippen MR) is 99.5 cm³/mol. The molecule has 2 heterocycles. The van der Waals surface area contributed by atoms with Gasteiger partial charge in [-0.25, -0.2) is 0 Å². The van der Waals surface area contributed by atoms with Crippen LogP contribution in [0.15, 0.2) is 48.8 Å². The number of ether oxygens (including phenoxy) is 1. The van der Waals surface area contributed by atoms with E-state index >= 15 is 0 Å². The molecule has 4 rings (SSSR count). The van der Waals surface area contributed by atoms with Gasteiger partial charge in [0.2, 0.25) is 0 Å². The fraction of sp³-hybridized carbons (Fsp3) is 0.476. The summed E-state index contributed by atoms with van der Waals surface area (Å²) in [5, 5.41) is 3.60. The van der Waals surface area contributed by atoms with E-state index in [1.54, 1.807) is 0 Å². The second-order valence-corrected chi connectivity index (χ2v) is 7.50. The number of pyridine rings is 1. The van der Waals surface area contributed by atoms with Crippen molar-refractivity contribution in [1.82, 2.24) is 15.2 Å². The Morgan fingerprint density at radius 2 is 1.92 bits per heavy atom. The van der Waals surface area contributed by atoms with E-state index in [4.69, 9.17) is 4.74 Å². The topological polar surface area (TPSA) is 37.4 Å². The average Bonchev–Trinajstić information content (AvgIpc) is 2.82. The van der Waals surface area contributed by atoms with Crippen molar-refractivity contribution in [3.63, 3.8) is 0 Å². The summed E-state index contributed by atoms with van der Waals surface area (Å²) in [7, 11) is 2.24. The summed E-state index contributed by atoms with van der Waals surface area (Å²) in [6, 6.07) is 13.3. The van der Waals surface area contributed by atoms with Crippen LogP contribution in [0, 0.1) is 0 Å². The number of para-hydroxylation sites is 1. The monoisotopic (exact) mass is 337 g/mol. The number of rotatable bonds is 3. The first-order valence-corrected chi connectivity index (χ1v) is 9.31. The average molecular weight is 337 g/mol. The van der Waals surface area contributed by atoms with Crippen molar-refractivity contribution in [1.29, 1.82) is 0 Å². The number of nitrogens with one attached hydrogen (secondary N) is 1. The van der Waals surface area contributed by atoms with Crippen LogP contribution in [0.4, 0.5) is 0 Å². The second kappa shape index (κ2) is 7.14. The third-order valence-electron chi connectivity index (χ3n) is 5.73. The van der Waals surface area contributed by atoms with Gasteiger partial charge in [0.1, 0.15) is 11.4 Å². The molecule has 2 aliphatic rings. The maximum absolute atomic E-state index is 6.54. The molecule has 0 unspecified atom stereocenters. The molecule has 0 saturated heterocycles. The Balaban J connectivity index is 1.39. The molecule has 0 radical (unpaired) electrons. The fourth-order valence-corrected chi connectivity index (χ4v) is 4.20. The van der Waals surface area contributed by atoms with E-state index in [0.29, 0.717) is 6.04 Å². The summed E-state index contributed by atoms with van der Waals surface area (Å²) < 4.78 is 6.54. The first-order chi connectivity index (χ1) is 12.2. The van der Waals surface area contributed by atoms with E-state index in [1.165, 1.54) is 24.0 Å². The summed E-state index contributed by atoms with van der Waals surface area (Å²) in [6.45, 7) is 2.84. The fourth-order valence-electron chi connectivity index (χ4n) is 4.20. The van der Waals surface area contributed by atoms with Crippen LogP contribution in [0.5, 0.6) is 5.75 Å². The largest absolute Gasteiger partial charge is 0.486 e. The Bertz CT molecular complexity index is 695. The van der Waals surface area contributed by atoms with Crippen LogP contribution in [0.1, 0.15) is 36.8 Å². The van der Waals surface area contributed by atoms with Crippen LogP contribution >= 0.6 is 0 Å². The smallest absolute Gasteiger partial charge is 0.124 e. The number of hydrogen-bond donors (Lipinski definition) is 1. The van der Waals surface area contributed by atoms with E-state index in [1.807, 2.05) is 12.4 Å². The number of aromatic nitrogens is 1. The minimum Gasteiger partial charge on any atom is -0.486 e. The molecule has 1 aliphatic heterocycles. The van der Waals surface area contributed by atoms with Gasteiger partial charge in [-0.3, -0.25) is 9.88 Å². The molecule has 4 nitrogen and oxygen atoms in total. The van der Waals surface area contributed by atoms with E-state index < -0.39 is 0 Å².